The van der Waals surface area contributed by atoms with Crippen LogP contribution in [0.25, 0.3) is 0 Å². The molecule has 0 aliphatic carbocycles. The third-order valence-electron chi connectivity index (χ3n) is 4.86. The van der Waals surface area contributed by atoms with Gasteiger partial charge in [-0.25, -0.2) is 0 Å². The summed E-state index contributed by atoms with van der Waals surface area (Å²) in [6, 6.07) is 7.69. The average molecular weight is 380 g/mol. The molecule has 0 bridgehead atoms. The van der Waals surface area contributed by atoms with Gasteiger partial charge in [0.15, 0.2) is 0 Å². The van der Waals surface area contributed by atoms with Gasteiger partial charge in [-0.05, 0) is 43.5 Å². The zero-order valence-electron chi connectivity index (χ0n) is 13.3. The Morgan fingerprint density at radius 1 is 1.35 bits per heavy atom. The average Bonchev–Trinajstić information content (AvgIpc) is 2.93. The summed E-state index contributed by atoms with van der Waals surface area (Å²) in [5.74, 6) is 0.0425. The number of carbonyl (C=O) groups is 1. The van der Waals surface area contributed by atoms with Crippen LogP contribution in [0.15, 0.2) is 33.8 Å². The van der Waals surface area contributed by atoms with Gasteiger partial charge in [-0.15, -0.1) is 0 Å². The molecule has 2 aliphatic rings. The Balaban J connectivity index is 1.57. The lowest BCUT2D eigenvalue weighted by molar-refractivity contribution is -0.0368. The van der Waals surface area contributed by atoms with Gasteiger partial charge >= 0.3 is 0 Å². The molecule has 0 saturated carbocycles. The molecule has 1 saturated heterocycles. The van der Waals surface area contributed by atoms with Gasteiger partial charge in [0.1, 0.15) is 0 Å². The van der Waals surface area contributed by atoms with Gasteiger partial charge in [-0.3, -0.25) is 9.80 Å². The molecule has 2 heterocycles. The molecule has 0 radical (unpaired) electrons. The highest BCUT2D eigenvalue weighted by atomic mass is 79.9. The number of piperidine rings is 1. The predicted octanol–water partition coefficient (Wildman–Crippen LogP) is 2.50. The van der Waals surface area contributed by atoms with Crippen LogP contribution >= 0.6 is 15.9 Å². The molecule has 23 heavy (non-hydrogen) atoms. The number of carbonyl (C=O) groups excluding carboxylic acids is 1. The second kappa shape index (κ2) is 6.61. The van der Waals surface area contributed by atoms with Gasteiger partial charge in [0.2, 0.25) is 0 Å². The van der Waals surface area contributed by atoms with Crippen LogP contribution in [-0.2, 0) is 0 Å². The minimum Gasteiger partial charge on any atom is -0.390 e. The van der Waals surface area contributed by atoms with E-state index in [0.717, 1.165) is 10.9 Å². The van der Waals surface area contributed by atoms with Gasteiger partial charge in [-0.2, -0.15) is 5.10 Å². The molecular weight excluding hydrogens is 358 g/mol. The van der Waals surface area contributed by atoms with Crippen molar-refractivity contribution < 1.29 is 9.90 Å². The number of hydrogen-bond acceptors (Lipinski definition) is 4. The van der Waals surface area contributed by atoms with Gasteiger partial charge in [0.25, 0.3) is 5.91 Å². The molecular formula is C17H22BrN3O2. The van der Waals surface area contributed by atoms with Crippen LogP contribution in [0.5, 0.6) is 0 Å². The maximum Gasteiger partial charge on any atom is 0.253 e. The number of likely N-dealkylation sites (tertiary alicyclic amines) is 1. The van der Waals surface area contributed by atoms with E-state index < -0.39 is 5.60 Å². The number of halogens is 1. The van der Waals surface area contributed by atoms with Gasteiger partial charge in [0, 0.05) is 42.8 Å². The smallest absolute Gasteiger partial charge is 0.253 e. The molecule has 1 unspecified atom stereocenters. The van der Waals surface area contributed by atoms with Crippen molar-refractivity contribution in [1.82, 2.24) is 9.91 Å². The number of hydrazone groups is 1. The number of hydrogen-bond donors (Lipinski definition) is 1. The minimum atomic E-state index is -0.691. The van der Waals surface area contributed by atoms with Crippen LogP contribution < -0.4 is 0 Å². The monoisotopic (exact) mass is 379 g/mol. The van der Waals surface area contributed by atoms with Crippen molar-refractivity contribution in [2.45, 2.75) is 37.3 Å². The van der Waals surface area contributed by atoms with E-state index in [4.69, 9.17) is 0 Å². The van der Waals surface area contributed by atoms with E-state index in [1.165, 1.54) is 0 Å². The van der Waals surface area contributed by atoms with Crippen LogP contribution in [0, 0.1) is 0 Å². The topological polar surface area (TPSA) is 56.1 Å². The zero-order valence-corrected chi connectivity index (χ0v) is 14.9. The highest BCUT2D eigenvalue weighted by molar-refractivity contribution is 9.10. The van der Waals surface area contributed by atoms with E-state index in [1.807, 2.05) is 47.4 Å². The van der Waals surface area contributed by atoms with Crippen molar-refractivity contribution in [3.8, 4) is 0 Å². The van der Waals surface area contributed by atoms with Gasteiger partial charge < -0.3 is 10.0 Å². The van der Waals surface area contributed by atoms with E-state index in [2.05, 4.69) is 21.0 Å². The number of amides is 1. The van der Waals surface area contributed by atoms with E-state index in [9.17, 15) is 9.90 Å². The maximum absolute atomic E-state index is 12.5. The second-order valence-corrected chi connectivity index (χ2v) is 7.40. The van der Waals surface area contributed by atoms with Gasteiger partial charge in [-0.1, -0.05) is 15.9 Å². The molecule has 2 aliphatic heterocycles. The summed E-state index contributed by atoms with van der Waals surface area (Å²) in [4.78, 5) is 14.4. The highest BCUT2D eigenvalue weighted by Crippen LogP contribution is 2.30. The molecule has 1 atom stereocenters. The Hall–Kier alpha value is -1.40. The molecule has 124 valence electrons. The first-order valence-corrected chi connectivity index (χ1v) is 8.79. The third kappa shape index (κ3) is 3.75. The Morgan fingerprint density at radius 3 is 2.57 bits per heavy atom. The van der Waals surface area contributed by atoms with E-state index in [0.29, 0.717) is 37.9 Å². The molecule has 0 aromatic heterocycles. The fourth-order valence-corrected chi connectivity index (χ4v) is 3.57. The van der Waals surface area contributed by atoms with Crippen LogP contribution in [0.4, 0.5) is 0 Å². The fraction of sp³-hybridized carbons (Fsp3) is 0.529. The van der Waals surface area contributed by atoms with Crippen molar-refractivity contribution in [3.05, 3.63) is 34.3 Å². The number of benzene rings is 1. The van der Waals surface area contributed by atoms with E-state index in [-0.39, 0.29) is 11.9 Å². The van der Waals surface area contributed by atoms with Crippen LogP contribution in [0.2, 0.25) is 0 Å². The number of nitrogens with zero attached hydrogens (tertiary/aromatic N) is 3. The first-order valence-electron chi connectivity index (χ1n) is 7.99. The van der Waals surface area contributed by atoms with Crippen LogP contribution in [-0.4, -0.2) is 58.9 Å². The Labute approximate surface area is 145 Å². The summed E-state index contributed by atoms with van der Waals surface area (Å²) in [5.41, 5.74) is 0.00547. The first kappa shape index (κ1) is 16.5. The van der Waals surface area contributed by atoms with Gasteiger partial charge in [0.05, 0.1) is 11.6 Å². The molecule has 5 nitrogen and oxygen atoms in total. The largest absolute Gasteiger partial charge is 0.390 e. The lowest BCUT2D eigenvalue weighted by Crippen LogP contribution is -2.49. The van der Waals surface area contributed by atoms with Crippen molar-refractivity contribution in [1.29, 1.82) is 0 Å². The van der Waals surface area contributed by atoms with E-state index in [1.54, 1.807) is 0 Å². The second-order valence-electron chi connectivity index (χ2n) is 6.49. The SMILES string of the molecule is CN1N=CCC1CC1(O)CCN(C(=O)c2ccc(Br)cc2)CC1. The molecule has 1 N–H and O–H groups in total. The summed E-state index contributed by atoms with van der Waals surface area (Å²) in [6.45, 7) is 1.20. The lowest BCUT2D eigenvalue weighted by Gasteiger charge is -2.40. The number of aliphatic hydroxyl groups is 1. The zero-order chi connectivity index (χ0) is 16.4. The summed E-state index contributed by atoms with van der Waals surface area (Å²) >= 11 is 3.38. The van der Waals surface area contributed by atoms with E-state index >= 15 is 0 Å². The molecule has 3 rings (SSSR count). The highest BCUT2D eigenvalue weighted by Gasteiger charge is 2.37. The molecule has 0 spiro atoms. The van der Waals surface area contributed by atoms with Crippen LogP contribution in [0.1, 0.15) is 36.0 Å². The summed E-state index contributed by atoms with van der Waals surface area (Å²) in [7, 11) is 1.95. The Kier molecular flexibility index (Phi) is 4.73. The Bertz CT molecular complexity index is 594. The standard InChI is InChI=1S/C17H22BrN3O2/c1-20-15(6-9-19-20)12-17(23)7-10-21(11-8-17)16(22)13-2-4-14(18)5-3-13/h2-5,9,15,23H,6-8,10-12H2,1H3. The molecule has 1 amide bonds. The normalized spacial score (nSPS) is 23.3. The molecule has 1 aromatic carbocycles. The number of rotatable bonds is 3. The minimum absolute atomic E-state index is 0.0425. The molecule has 1 aromatic rings. The van der Waals surface area contributed by atoms with Crippen molar-refractivity contribution >= 4 is 28.1 Å². The first-order chi connectivity index (χ1) is 11.0. The maximum atomic E-state index is 12.5. The molecule has 1 fully saturated rings. The predicted molar refractivity (Wildman–Crippen MR) is 93.5 cm³/mol. The summed E-state index contributed by atoms with van der Waals surface area (Å²) in [5, 5.41) is 17.0. The third-order valence-corrected chi connectivity index (χ3v) is 5.39. The van der Waals surface area contributed by atoms with Crippen molar-refractivity contribution in [2.24, 2.45) is 5.10 Å². The summed E-state index contributed by atoms with van der Waals surface area (Å²) < 4.78 is 0.963. The summed E-state index contributed by atoms with van der Waals surface area (Å²) in [6.07, 6.45) is 4.75. The fourth-order valence-electron chi connectivity index (χ4n) is 3.30. The molecule has 6 heteroatoms. The van der Waals surface area contributed by atoms with Crippen LogP contribution in [0.3, 0.4) is 0 Å². The Morgan fingerprint density at radius 2 is 2.00 bits per heavy atom. The lowest BCUT2D eigenvalue weighted by atomic mass is 9.84. The van der Waals surface area contributed by atoms with Crippen molar-refractivity contribution in [2.75, 3.05) is 20.1 Å². The van der Waals surface area contributed by atoms with Crippen molar-refractivity contribution in [3.63, 3.8) is 0 Å². The quantitative estimate of drug-likeness (QED) is 0.877.